The number of carbonyl (C=O) groups is 1. The van der Waals surface area contributed by atoms with E-state index in [1.807, 2.05) is 24.3 Å². The fourth-order valence-electron chi connectivity index (χ4n) is 2.68. The molecule has 0 atom stereocenters. The van der Waals surface area contributed by atoms with Gasteiger partial charge >= 0.3 is 143 Å². The molecule has 0 bridgehead atoms. The summed E-state index contributed by atoms with van der Waals surface area (Å²) in [7, 11) is 0. The summed E-state index contributed by atoms with van der Waals surface area (Å²) in [5.41, 5.74) is 3.55. The van der Waals surface area contributed by atoms with Crippen molar-refractivity contribution in [3.05, 3.63) is 53.1 Å². The zero-order valence-electron chi connectivity index (χ0n) is 13.4. The number of rotatable bonds is 4. The van der Waals surface area contributed by atoms with E-state index in [9.17, 15) is 4.79 Å². The Morgan fingerprint density at radius 1 is 1.09 bits per heavy atom. The second-order valence-corrected chi connectivity index (χ2v) is 20.9. The van der Waals surface area contributed by atoms with Crippen molar-refractivity contribution in [1.29, 1.82) is 0 Å². The van der Waals surface area contributed by atoms with Crippen molar-refractivity contribution in [1.82, 2.24) is 0 Å². The Labute approximate surface area is 142 Å². The molecule has 0 unspecified atom stereocenters. The van der Waals surface area contributed by atoms with E-state index >= 15 is 0 Å². The zero-order valence-corrected chi connectivity index (χ0v) is 18.1. The van der Waals surface area contributed by atoms with Crippen molar-refractivity contribution in [2.45, 2.75) is 29.2 Å². The fraction of sp³-hybridized carbons (Fsp3) is 0.278. The standard InChI is InChI=1S/C14H12Cl.C2H4O2.2CH3.Pb/c1-2-11-3-5-12(6-4-11)13-7-9-14(15)10-8-13;1-2(3)4;;;/h3,5-10H,2H2,1H3;1H3,(H,3,4);2*1H3;/q;;;;+1/p-1. The molecule has 2 nitrogen and oxygen atoms in total. The van der Waals surface area contributed by atoms with Crippen LogP contribution in [0.15, 0.2) is 42.5 Å². The molecular weight excluding hydrogens is 491 g/mol. The zero-order chi connectivity index (χ0) is 16.3. The SMILES string of the molecule is CCc1ccc(-c2ccc(Cl)cc2)c[c]1[Pb]([CH3])([CH3])[O]C(C)=O. The molecule has 0 saturated heterocycles. The van der Waals surface area contributed by atoms with E-state index in [2.05, 4.69) is 34.1 Å². The Hall–Kier alpha value is -0.878. The van der Waals surface area contributed by atoms with E-state index in [0.29, 0.717) is 0 Å². The van der Waals surface area contributed by atoms with Gasteiger partial charge in [0.25, 0.3) is 0 Å². The Morgan fingerprint density at radius 2 is 1.68 bits per heavy atom. The number of carbonyl (C=O) groups excluding carboxylic acids is 1. The molecule has 2 aromatic carbocycles. The fourth-order valence-corrected chi connectivity index (χ4v) is 12.0. The first-order chi connectivity index (χ1) is 10.3. The molecule has 0 aliphatic carbocycles. The van der Waals surface area contributed by atoms with Crippen molar-refractivity contribution in [2.24, 2.45) is 0 Å². The molecule has 0 N–H and O–H groups in total. The molecule has 0 aliphatic heterocycles. The summed E-state index contributed by atoms with van der Waals surface area (Å²) < 4.78 is 11.3. The van der Waals surface area contributed by atoms with E-state index in [1.54, 1.807) is 0 Å². The minimum absolute atomic E-state index is 0.175. The van der Waals surface area contributed by atoms with E-state index in [1.165, 1.54) is 15.6 Å². The Kier molecular flexibility index (Phi) is 5.66. The molecule has 4 heteroatoms. The summed E-state index contributed by atoms with van der Waals surface area (Å²) in [5, 5.41) is 0.731. The van der Waals surface area contributed by atoms with Gasteiger partial charge < -0.3 is 0 Å². The molecule has 2 rings (SSSR count). The quantitative estimate of drug-likeness (QED) is 0.563. The van der Waals surface area contributed by atoms with Gasteiger partial charge in [-0.3, -0.25) is 0 Å². The van der Waals surface area contributed by atoms with Gasteiger partial charge in [0.2, 0.25) is 0 Å². The first-order valence-corrected chi connectivity index (χ1v) is 19.1. The van der Waals surface area contributed by atoms with Crippen molar-refractivity contribution in [3.8, 4) is 11.1 Å². The van der Waals surface area contributed by atoms with Crippen LogP contribution < -0.4 is 3.12 Å². The van der Waals surface area contributed by atoms with Gasteiger partial charge in [0, 0.05) is 0 Å². The third-order valence-electron chi connectivity index (χ3n) is 3.72. The summed E-state index contributed by atoms with van der Waals surface area (Å²) in [6.45, 7) is 3.63. The second kappa shape index (κ2) is 7.13. The summed E-state index contributed by atoms with van der Waals surface area (Å²) in [6, 6.07) is 14.3. The Bertz CT molecular complexity index is 678. The van der Waals surface area contributed by atoms with E-state index in [0.717, 1.165) is 22.6 Å². The maximum atomic E-state index is 11.4. The van der Waals surface area contributed by atoms with E-state index < -0.39 is 21.6 Å². The van der Waals surface area contributed by atoms with Crippen LogP contribution in [0.2, 0.25) is 14.0 Å². The van der Waals surface area contributed by atoms with Crippen LogP contribution in [0.4, 0.5) is 0 Å². The van der Waals surface area contributed by atoms with Crippen LogP contribution in [0.25, 0.3) is 11.1 Å². The normalized spacial score (nSPS) is 11.3. The summed E-state index contributed by atoms with van der Waals surface area (Å²) >= 11 is 2.74. The van der Waals surface area contributed by atoms with Gasteiger partial charge in [-0.2, -0.15) is 0 Å². The molecule has 0 fully saturated rings. The van der Waals surface area contributed by atoms with Gasteiger partial charge in [-0.15, -0.1) is 0 Å². The van der Waals surface area contributed by atoms with Crippen LogP contribution in [-0.2, 0) is 13.9 Å². The van der Waals surface area contributed by atoms with E-state index in [-0.39, 0.29) is 5.97 Å². The predicted octanol–water partition coefficient (Wildman–Crippen LogP) is 4.54. The summed E-state index contributed by atoms with van der Waals surface area (Å²) in [4.78, 5) is 11.4. The van der Waals surface area contributed by atoms with Crippen LogP contribution in [0.3, 0.4) is 0 Å². The molecule has 0 saturated carbocycles. The Balaban J connectivity index is 2.50. The van der Waals surface area contributed by atoms with Gasteiger partial charge in [-0.05, 0) is 0 Å². The molecule has 0 spiro atoms. The molecule has 116 valence electrons. The van der Waals surface area contributed by atoms with Gasteiger partial charge in [-0.25, -0.2) is 0 Å². The molecule has 22 heavy (non-hydrogen) atoms. The molecule has 0 aliphatic rings. The minimum atomic E-state index is -3.22. The van der Waals surface area contributed by atoms with Gasteiger partial charge in [0.15, 0.2) is 0 Å². The van der Waals surface area contributed by atoms with Gasteiger partial charge in [0.1, 0.15) is 0 Å². The average Bonchev–Trinajstić information content (AvgIpc) is 2.46. The molecule has 0 aromatic heterocycles. The van der Waals surface area contributed by atoms with Crippen LogP contribution in [0.5, 0.6) is 0 Å². The maximum absolute atomic E-state index is 11.4. The van der Waals surface area contributed by atoms with Crippen LogP contribution in [0, 0.1) is 0 Å². The van der Waals surface area contributed by atoms with E-state index in [4.69, 9.17) is 14.3 Å². The van der Waals surface area contributed by atoms with Crippen molar-refractivity contribution < 1.29 is 7.48 Å². The van der Waals surface area contributed by atoms with Crippen molar-refractivity contribution in [2.75, 3.05) is 0 Å². The van der Waals surface area contributed by atoms with Gasteiger partial charge in [-0.1, -0.05) is 0 Å². The second-order valence-electron chi connectivity index (χ2n) is 5.84. The molecular formula is C18H21ClO2Pb. The monoisotopic (exact) mass is 512 g/mol. The first kappa shape index (κ1) is 17.5. The summed E-state index contributed by atoms with van der Waals surface area (Å²) in [5.74, 6) is -0.175. The third-order valence-corrected chi connectivity index (χ3v) is 13.9. The van der Waals surface area contributed by atoms with Crippen molar-refractivity contribution >= 4 is 42.3 Å². The molecule has 0 heterocycles. The van der Waals surface area contributed by atoms with Gasteiger partial charge in [0.05, 0.1) is 0 Å². The number of hydrogen-bond acceptors (Lipinski definition) is 2. The number of halogens is 1. The third kappa shape index (κ3) is 4.10. The molecule has 0 radical (unpaired) electrons. The number of hydrogen-bond donors (Lipinski definition) is 0. The molecule has 2 aromatic rings. The van der Waals surface area contributed by atoms with Crippen LogP contribution >= 0.6 is 11.6 Å². The topological polar surface area (TPSA) is 26.3 Å². The summed E-state index contributed by atoms with van der Waals surface area (Å²) in [6.07, 6.45) is 0.945. The Morgan fingerprint density at radius 3 is 2.23 bits per heavy atom. The van der Waals surface area contributed by atoms with Crippen molar-refractivity contribution in [3.63, 3.8) is 0 Å². The van der Waals surface area contributed by atoms with Crippen LogP contribution in [-0.4, -0.2) is 27.6 Å². The average molecular weight is 512 g/mol. The first-order valence-electron chi connectivity index (χ1n) is 7.42. The molecule has 0 amide bonds. The predicted molar refractivity (Wildman–Crippen MR) is 95.1 cm³/mol. The number of benzene rings is 2. The van der Waals surface area contributed by atoms with Crippen LogP contribution in [0.1, 0.15) is 19.4 Å². The number of aryl methyl sites for hydroxylation is 1.